The summed E-state index contributed by atoms with van der Waals surface area (Å²) >= 11 is 0. The first-order chi connectivity index (χ1) is 11.9. The normalized spacial score (nSPS) is 11.4. The van der Waals surface area contributed by atoms with E-state index < -0.39 is 10.0 Å². The van der Waals surface area contributed by atoms with Gasteiger partial charge in [0.1, 0.15) is 0 Å². The third-order valence-electron chi connectivity index (χ3n) is 3.76. The highest BCUT2D eigenvalue weighted by atomic mass is 32.2. The monoisotopic (exact) mass is 361 g/mol. The molecule has 25 heavy (non-hydrogen) atoms. The van der Waals surface area contributed by atoms with Gasteiger partial charge in [0.25, 0.3) is 0 Å². The van der Waals surface area contributed by atoms with Gasteiger partial charge >= 0.3 is 0 Å². The van der Waals surface area contributed by atoms with Crippen molar-refractivity contribution in [3.63, 3.8) is 0 Å². The fourth-order valence-electron chi connectivity index (χ4n) is 2.36. The maximum absolute atomic E-state index is 12.0. The smallest absolute Gasteiger partial charge is 0.221 e. The second-order valence-electron chi connectivity index (χ2n) is 5.79. The van der Waals surface area contributed by atoms with Crippen LogP contribution in [0.4, 0.5) is 0 Å². The lowest BCUT2D eigenvalue weighted by Crippen LogP contribution is -2.35. The van der Waals surface area contributed by atoms with E-state index in [1.807, 2.05) is 36.4 Å². The number of carbonyl (C=O) groups is 1. The number of sulfonamides is 1. The summed E-state index contributed by atoms with van der Waals surface area (Å²) in [6.07, 6.45) is 5.27. The van der Waals surface area contributed by atoms with E-state index in [4.69, 9.17) is 0 Å². The molecule has 0 atom stereocenters. The summed E-state index contributed by atoms with van der Waals surface area (Å²) in [6, 6.07) is 13.4. The minimum absolute atomic E-state index is 0.127. The summed E-state index contributed by atoms with van der Waals surface area (Å²) < 4.78 is 25.2. The van der Waals surface area contributed by atoms with E-state index in [2.05, 4.69) is 10.3 Å². The molecule has 0 aliphatic heterocycles. The van der Waals surface area contributed by atoms with Gasteiger partial charge in [-0.25, -0.2) is 12.7 Å². The van der Waals surface area contributed by atoms with Gasteiger partial charge in [0.05, 0.1) is 6.26 Å². The van der Waals surface area contributed by atoms with Crippen molar-refractivity contribution in [3.8, 4) is 0 Å². The average molecular weight is 361 g/mol. The number of pyridine rings is 1. The first kappa shape index (κ1) is 19.1. The molecule has 0 aliphatic rings. The van der Waals surface area contributed by atoms with Gasteiger partial charge in [0.2, 0.25) is 15.9 Å². The molecule has 0 fully saturated rings. The van der Waals surface area contributed by atoms with E-state index in [0.29, 0.717) is 19.5 Å². The van der Waals surface area contributed by atoms with Crippen LogP contribution in [0.15, 0.2) is 54.9 Å². The Morgan fingerprint density at radius 2 is 1.80 bits per heavy atom. The van der Waals surface area contributed by atoms with E-state index in [-0.39, 0.29) is 18.9 Å². The van der Waals surface area contributed by atoms with Crippen molar-refractivity contribution in [2.24, 2.45) is 0 Å². The van der Waals surface area contributed by atoms with E-state index in [1.54, 1.807) is 18.5 Å². The Morgan fingerprint density at radius 1 is 1.08 bits per heavy atom. The first-order valence-electron chi connectivity index (χ1n) is 8.10. The van der Waals surface area contributed by atoms with Crippen LogP contribution in [-0.4, -0.2) is 43.0 Å². The molecule has 1 N–H and O–H groups in total. The summed E-state index contributed by atoms with van der Waals surface area (Å²) in [5.41, 5.74) is 1.97. The van der Waals surface area contributed by atoms with Crippen molar-refractivity contribution in [1.82, 2.24) is 14.6 Å². The summed E-state index contributed by atoms with van der Waals surface area (Å²) in [4.78, 5) is 16.0. The van der Waals surface area contributed by atoms with Gasteiger partial charge in [-0.15, -0.1) is 0 Å². The molecular weight excluding hydrogens is 338 g/mol. The molecule has 134 valence electrons. The summed E-state index contributed by atoms with van der Waals surface area (Å²) in [5.74, 6) is -0.183. The molecule has 0 radical (unpaired) electrons. The van der Waals surface area contributed by atoms with Crippen molar-refractivity contribution >= 4 is 15.9 Å². The number of rotatable bonds is 9. The molecule has 0 spiro atoms. The molecule has 6 nitrogen and oxygen atoms in total. The van der Waals surface area contributed by atoms with Crippen molar-refractivity contribution in [1.29, 1.82) is 0 Å². The van der Waals surface area contributed by atoms with E-state index >= 15 is 0 Å². The standard InChI is InChI=1S/C18H23N3O3S/c1-25(23,24)21(12-9-16-6-3-2-4-7-16)13-10-18(22)20-15-17-8-5-11-19-14-17/h2-8,11,14H,9-10,12-13,15H2,1H3,(H,20,22). The number of nitrogens with zero attached hydrogens (tertiary/aromatic N) is 2. The van der Waals surface area contributed by atoms with E-state index in [1.165, 1.54) is 10.6 Å². The average Bonchev–Trinajstić information content (AvgIpc) is 2.60. The number of carbonyl (C=O) groups excluding carboxylic acids is 1. The molecule has 1 aromatic heterocycles. The SMILES string of the molecule is CS(=O)(=O)N(CCC(=O)NCc1cccnc1)CCc1ccccc1. The quantitative estimate of drug-likeness (QED) is 0.736. The molecule has 0 unspecified atom stereocenters. The molecule has 2 rings (SSSR count). The maximum atomic E-state index is 12.0. The zero-order valence-corrected chi connectivity index (χ0v) is 15.1. The Balaban J connectivity index is 1.82. The minimum Gasteiger partial charge on any atom is -0.352 e. The molecule has 1 amide bonds. The Kier molecular flexibility index (Phi) is 7.09. The molecule has 0 saturated carbocycles. The van der Waals surface area contributed by atoms with Gasteiger partial charge in [0.15, 0.2) is 0 Å². The van der Waals surface area contributed by atoms with Crippen molar-refractivity contribution in [2.45, 2.75) is 19.4 Å². The molecule has 0 saturated heterocycles. The van der Waals surface area contributed by atoms with Gasteiger partial charge in [-0.05, 0) is 23.6 Å². The molecule has 7 heteroatoms. The van der Waals surface area contributed by atoms with Crippen LogP contribution < -0.4 is 5.32 Å². The summed E-state index contributed by atoms with van der Waals surface area (Å²) in [7, 11) is -3.35. The van der Waals surface area contributed by atoms with Gasteiger partial charge in [0, 0.05) is 38.4 Å². The van der Waals surface area contributed by atoms with Crippen LogP contribution in [0.25, 0.3) is 0 Å². The first-order valence-corrected chi connectivity index (χ1v) is 9.94. The Hall–Kier alpha value is -2.25. The third kappa shape index (κ3) is 7.03. The molecule has 0 bridgehead atoms. The van der Waals surface area contributed by atoms with Crippen LogP contribution in [-0.2, 0) is 27.8 Å². The van der Waals surface area contributed by atoms with Crippen LogP contribution in [0.1, 0.15) is 17.5 Å². The lowest BCUT2D eigenvalue weighted by molar-refractivity contribution is -0.121. The Morgan fingerprint density at radius 3 is 2.44 bits per heavy atom. The fraction of sp³-hybridized carbons (Fsp3) is 0.333. The van der Waals surface area contributed by atoms with Crippen molar-refractivity contribution in [2.75, 3.05) is 19.3 Å². The largest absolute Gasteiger partial charge is 0.352 e. The molecular formula is C18H23N3O3S. The molecule has 0 aliphatic carbocycles. The van der Waals surface area contributed by atoms with Crippen LogP contribution in [0.2, 0.25) is 0 Å². The van der Waals surface area contributed by atoms with Crippen LogP contribution >= 0.6 is 0 Å². The van der Waals surface area contributed by atoms with Gasteiger partial charge in [-0.3, -0.25) is 9.78 Å². The molecule has 2 aromatic rings. The predicted molar refractivity (Wildman–Crippen MR) is 97.3 cm³/mol. The Labute approximate surface area is 148 Å². The van der Waals surface area contributed by atoms with Crippen molar-refractivity contribution < 1.29 is 13.2 Å². The summed E-state index contributed by atoms with van der Waals surface area (Å²) in [6.45, 7) is 0.916. The number of aromatic nitrogens is 1. The zero-order valence-electron chi connectivity index (χ0n) is 14.3. The number of hydrogen-bond donors (Lipinski definition) is 1. The Bertz CT molecular complexity index is 765. The second kappa shape index (κ2) is 9.29. The van der Waals surface area contributed by atoms with Gasteiger partial charge in [-0.2, -0.15) is 0 Å². The number of benzene rings is 1. The number of hydrogen-bond acceptors (Lipinski definition) is 4. The van der Waals surface area contributed by atoms with E-state index in [9.17, 15) is 13.2 Å². The van der Waals surface area contributed by atoms with Crippen LogP contribution in [0.5, 0.6) is 0 Å². The third-order valence-corrected chi connectivity index (χ3v) is 5.07. The van der Waals surface area contributed by atoms with Gasteiger partial charge in [-0.1, -0.05) is 36.4 Å². The fourth-order valence-corrected chi connectivity index (χ4v) is 3.21. The zero-order chi connectivity index (χ0) is 18.1. The second-order valence-corrected chi connectivity index (χ2v) is 7.77. The lowest BCUT2D eigenvalue weighted by atomic mass is 10.1. The number of amides is 1. The maximum Gasteiger partial charge on any atom is 0.221 e. The summed E-state index contributed by atoms with van der Waals surface area (Å²) in [5, 5.41) is 2.78. The van der Waals surface area contributed by atoms with Gasteiger partial charge < -0.3 is 5.32 Å². The molecule has 1 heterocycles. The highest BCUT2D eigenvalue weighted by molar-refractivity contribution is 7.88. The van der Waals surface area contributed by atoms with E-state index in [0.717, 1.165) is 11.1 Å². The molecule has 1 aromatic carbocycles. The highest BCUT2D eigenvalue weighted by Gasteiger charge is 2.17. The highest BCUT2D eigenvalue weighted by Crippen LogP contribution is 2.06. The van der Waals surface area contributed by atoms with Crippen molar-refractivity contribution in [3.05, 3.63) is 66.0 Å². The number of nitrogens with one attached hydrogen (secondary N) is 1. The van der Waals surface area contributed by atoms with Crippen LogP contribution in [0.3, 0.4) is 0 Å². The minimum atomic E-state index is -3.35. The predicted octanol–water partition coefficient (Wildman–Crippen LogP) is 1.59. The van der Waals surface area contributed by atoms with Crippen LogP contribution in [0, 0.1) is 0 Å². The lowest BCUT2D eigenvalue weighted by Gasteiger charge is -2.19. The topological polar surface area (TPSA) is 79.4 Å².